The van der Waals surface area contributed by atoms with Crippen LogP contribution in [0.25, 0.3) is 0 Å². The largest absolute Gasteiger partial charge is 0.387 e. The molecule has 2 rings (SSSR count). The molecule has 0 aromatic carbocycles. The number of aliphatic hydroxyl groups excluding tert-OH is 1. The Morgan fingerprint density at radius 1 is 1.67 bits per heavy atom. The van der Waals surface area contributed by atoms with E-state index >= 15 is 0 Å². The summed E-state index contributed by atoms with van der Waals surface area (Å²) in [6.07, 6.45) is 1.81. The van der Waals surface area contributed by atoms with Crippen molar-refractivity contribution < 1.29 is 5.11 Å². The lowest BCUT2D eigenvalue weighted by Crippen LogP contribution is -2.22. The van der Waals surface area contributed by atoms with E-state index in [9.17, 15) is 5.11 Å². The first kappa shape index (κ1) is 8.23. The number of nitrogens with two attached hydrogens (primary N) is 1. The van der Waals surface area contributed by atoms with Gasteiger partial charge in [-0.15, -0.1) is 11.3 Å². The summed E-state index contributed by atoms with van der Waals surface area (Å²) in [6.45, 7) is 0.603. The molecule has 0 saturated heterocycles. The van der Waals surface area contributed by atoms with E-state index in [0.29, 0.717) is 6.54 Å². The van der Waals surface area contributed by atoms with Crippen molar-refractivity contribution in [3.8, 4) is 0 Å². The second kappa shape index (κ2) is 2.83. The Morgan fingerprint density at radius 3 is 2.83 bits per heavy atom. The molecule has 1 fully saturated rings. The molecule has 0 spiro atoms. The van der Waals surface area contributed by atoms with Crippen molar-refractivity contribution in [3.63, 3.8) is 0 Å². The van der Waals surface area contributed by atoms with Crippen LogP contribution in [0.4, 0.5) is 0 Å². The first-order chi connectivity index (χ1) is 5.78. The highest BCUT2D eigenvalue weighted by molar-refractivity contribution is 7.10. The summed E-state index contributed by atoms with van der Waals surface area (Å²) in [4.78, 5) is 1.05. The molecule has 0 radical (unpaired) electrons. The molecule has 1 heterocycles. The summed E-state index contributed by atoms with van der Waals surface area (Å²) < 4.78 is 0. The van der Waals surface area contributed by atoms with Crippen LogP contribution < -0.4 is 5.73 Å². The van der Waals surface area contributed by atoms with E-state index in [0.717, 1.165) is 17.7 Å². The normalized spacial score (nSPS) is 22.2. The van der Waals surface area contributed by atoms with Gasteiger partial charge in [-0.3, -0.25) is 0 Å². The minimum atomic E-state index is -0.331. The fourth-order valence-corrected chi connectivity index (χ4v) is 2.35. The average molecular weight is 183 g/mol. The second-order valence-electron chi connectivity index (χ2n) is 3.48. The van der Waals surface area contributed by atoms with Crippen molar-refractivity contribution in [2.45, 2.75) is 18.9 Å². The molecule has 0 bridgehead atoms. The van der Waals surface area contributed by atoms with Gasteiger partial charge in [0.2, 0.25) is 0 Å². The zero-order valence-electron chi connectivity index (χ0n) is 6.86. The maximum atomic E-state index is 9.93. The smallest absolute Gasteiger partial charge is 0.0949 e. The summed E-state index contributed by atoms with van der Waals surface area (Å²) in [5, 5.41) is 11.9. The third-order valence-electron chi connectivity index (χ3n) is 2.69. The van der Waals surface area contributed by atoms with Gasteiger partial charge in [0, 0.05) is 16.8 Å². The van der Waals surface area contributed by atoms with E-state index < -0.39 is 0 Å². The van der Waals surface area contributed by atoms with Crippen molar-refractivity contribution in [2.24, 2.45) is 11.1 Å². The van der Waals surface area contributed by atoms with Gasteiger partial charge in [0.15, 0.2) is 0 Å². The number of aliphatic hydroxyl groups is 1. The molecule has 1 atom stereocenters. The maximum Gasteiger partial charge on any atom is 0.0949 e. The van der Waals surface area contributed by atoms with Crippen LogP contribution >= 0.6 is 11.3 Å². The monoisotopic (exact) mass is 183 g/mol. The molecule has 2 nitrogen and oxygen atoms in total. The lowest BCUT2D eigenvalue weighted by atomic mass is 9.98. The van der Waals surface area contributed by atoms with Gasteiger partial charge in [0.05, 0.1) is 6.10 Å². The van der Waals surface area contributed by atoms with Gasteiger partial charge in [0.25, 0.3) is 0 Å². The predicted octanol–water partition coefficient (Wildman–Crippen LogP) is 1.52. The summed E-state index contributed by atoms with van der Waals surface area (Å²) in [6, 6.07) is 3.95. The third-order valence-corrected chi connectivity index (χ3v) is 3.62. The SMILES string of the molecule is NCC1([C@H](O)c2cccs2)CC1. The third kappa shape index (κ3) is 1.18. The molecule has 12 heavy (non-hydrogen) atoms. The lowest BCUT2D eigenvalue weighted by Gasteiger charge is -2.18. The highest BCUT2D eigenvalue weighted by Crippen LogP contribution is 2.54. The fourth-order valence-electron chi connectivity index (χ4n) is 1.50. The molecule has 66 valence electrons. The topological polar surface area (TPSA) is 46.2 Å². The molecule has 1 aromatic rings. The quantitative estimate of drug-likeness (QED) is 0.746. The minimum Gasteiger partial charge on any atom is -0.387 e. The lowest BCUT2D eigenvalue weighted by molar-refractivity contribution is 0.101. The van der Waals surface area contributed by atoms with Crippen LogP contribution in [0.15, 0.2) is 17.5 Å². The van der Waals surface area contributed by atoms with E-state index in [1.807, 2.05) is 17.5 Å². The van der Waals surface area contributed by atoms with Crippen molar-refractivity contribution in [1.29, 1.82) is 0 Å². The molecule has 1 aliphatic carbocycles. The molecule has 0 aliphatic heterocycles. The van der Waals surface area contributed by atoms with Crippen LogP contribution in [0.1, 0.15) is 23.8 Å². The van der Waals surface area contributed by atoms with Gasteiger partial charge < -0.3 is 10.8 Å². The second-order valence-corrected chi connectivity index (χ2v) is 4.46. The Balaban J connectivity index is 2.15. The Bertz CT molecular complexity index is 254. The fraction of sp³-hybridized carbons (Fsp3) is 0.556. The first-order valence-electron chi connectivity index (χ1n) is 4.20. The summed E-state index contributed by atoms with van der Waals surface area (Å²) in [5.74, 6) is 0. The molecule has 3 N–H and O–H groups in total. The summed E-state index contributed by atoms with van der Waals surface area (Å²) >= 11 is 1.61. The molecule has 0 unspecified atom stereocenters. The number of hydrogen-bond acceptors (Lipinski definition) is 3. The van der Waals surface area contributed by atoms with E-state index in [2.05, 4.69) is 0 Å². The molecule has 1 saturated carbocycles. The summed E-state index contributed by atoms with van der Waals surface area (Å²) in [5.41, 5.74) is 5.64. The Morgan fingerprint density at radius 2 is 2.42 bits per heavy atom. The zero-order valence-corrected chi connectivity index (χ0v) is 7.68. The molecular weight excluding hydrogens is 170 g/mol. The zero-order chi connectivity index (χ0) is 8.60. The van der Waals surface area contributed by atoms with E-state index in [4.69, 9.17) is 5.73 Å². The van der Waals surface area contributed by atoms with Crippen molar-refractivity contribution >= 4 is 11.3 Å². The average Bonchev–Trinajstić information content (AvgIpc) is 2.71. The van der Waals surface area contributed by atoms with Crippen LogP contribution in [0.3, 0.4) is 0 Å². The van der Waals surface area contributed by atoms with Crippen molar-refractivity contribution in [2.75, 3.05) is 6.54 Å². The predicted molar refractivity (Wildman–Crippen MR) is 50.0 cm³/mol. The highest BCUT2D eigenvalue weighted by Gasteiger charge is 2.48. The van der Waals surface area contributed by atoms with Gasteiger partial charge in [-0.2, -0.15) is 0 Å². The maximum absolute atomic E-state index is 9.93. The molecule has 1 aromatic heterocycles. The van der Waals surface area contributed by atoms with Crippen molar-refractivity contribution in [3.05, 3.63) is 22.4 Å². The highest BCUT2D eigenvalue weighted by atomic mass is 32.1. The molecule has 0 amide bonds. The van der Waals surface area contributed by atoms with Crippen LogP contribution in [0.2, 0.25) is 0 Å². The number of rotatable bonds is 3. The van der Waals surface area contributed by atoms with E-state index in [-0.39, 0.29) is 11.5 Å². The van der Waals surface area contributed by atoms with Gasteiger partial charge in [-0.25, -0.2) is 0 Å². The Labute approximate surface area is 76.0 Å². The number of thiophene rings is 1. The van der Waals surface area contributed by atoms with Gasteiger partial charge in [0.1, 0.15) is 0 Å². The van der Waals surface area contributed by atoms with Crippen LogP contribution in [-0.2, 0) is 0 Å². The van der Waals surface area contributed by atoms with Gasteiger partial charge in [-0.1, -0.05) is 6.07 Å². The van der Waals surface area contributed by atoms with Crippen LogP contribution in [-0.4, -0.2) is 11.7 Å². The minimum absolute atomic E-state index is 0.0187. The molecule has 3 heteroatoms. The number of hydrogen-bond donors (Lipinski definition) is 2. The van der Waals surface area contributed by atoms with Crippen LogP contribution in [0, 0.1) is 5.41 Å². The van der Waals surface area contributed by atoms with E-state index in [1.54, 1.807) is 11.3 Å². The Hall–Kier alpha value is -0.380. The standard InChI is InChI=1S/C9H13NOS/c10-6-9(3-4-9)8(11)7-2-1-5-12-7/h1-2,5,8,11H,3-4,6,10H2/t8-/m1/s1. The van der Waals surface area contributed by atoms with E-state index in [1.165, 1.54) is 0 Å². The van der Waals surface area contributed by atoms with Gasteiger partial charge >= 0.3 is 0 Å². The summed E-state index contributed by atoms with van der Waals surface area (Å²) in [7, 11) is 0. The first-order valence-corrected chi connectivity index (χ1v) is 5.08. The Kier molecular flexibility index (Phi) is 1.94. The van der Waals surface area contributed by atoms with Crippen LogP contribution in [0.5, 0.6) is 0 Å². The molecule has 1 aliphatic rings. The van der Waals surface area contributed by atoms with Gasteiger partial charge in [-0.05, 0) is 24.3 Å². The van der Waals surface area contributed by atoms with Crippen molar-refractivity contribution in [1.82, 2.24) is 0 Å². The molecular formula is C9H13NOS.